The number of rotatable bonds is 6. The number of amides is 1. The van der Waals surface area contributed by atoms with Crippen LogP contribution in [0, 0.1) is 18.8 Å². The fourth-order valence-corrected chi connectivity index (χ4v) is 3.43. The maximum absolute atomic E-state index is 12.2. The van der Waals surface area contributed by atoms with Crippen LogP contribution in [0.2, 0.25) is 0 Å². The van der Waals surface area contributed by atoms with Gasteiger partial charge in [-0.3, -0.25) is 9.36 Å². The van der Waals surface area contributed by atoms with Crippen LogP contribution in [0.25, 0.3) is 5.82 Å². The Hall–Kier alpha value is -2.21. The Balaban J connectivity index is 1.48. The van der Waals surface area contributed by atoms with Crippen LogP contribution in [0.1, 0.15) is 37.6 Å². The van der Waals surface area contributed by atoms with Crippen LogP contribution in [0.5, 0.6) is 0 Å². The normalized spacial score (nSPS) is 16.6. The molecule has 6 heteroatoms. The van der Waals surface area contributed by atoms with Crippen molar-refractivity contribution in [2.75, 3.05) is 13.1 Å². The van der Waals surface area contributed by atoms with Crippen LogP contribution in [0.3, 0.4) is 0 Å². The molecule has 1 atom stereocenters. The van der Waals surface area contributed by atoms with Crippen molar-refractivity contribution in [2.24, 2.45) is 11.8 Å². The number of aromatic nitrogens is 3. The van der Waals surface area contributed by atoms with E-state index in [2.05, 4.69) is 27.5 Å². The largest absolute Gasteiger partial charge is 0.352 e. The van der Waals surface area contributed by atoms with Crippen molar-refractivity contribution < 1.29 is 4.79 Å². The summed E-state index contributed by atoms with van der Waals surface area (Å²) in [7, 11) is 0. The van der Waals surface area contributed by atoms with E-state index in [0.29, 0.717) is 24.8 Å². The summed E-state index contributed by atoms with van der Waals surface area (Å²) in [5.41, 5.74) is 1.00. The Bertz CT molecular complexity index is 688. The zero-order valence-electron chi connectivity index (χ0n) is 15.0. The molecule has 3 rings (SSSR count). The van der Waals surface area contributed by atoms with Gasteiger partial charge >= 0.3 is 0 Å². The predicted octanol–water partition coefficient (Wildman–Crippen LogP) is 2.22. The number of nitrogens with zero attached hydrogens (tertiary/aromatic N) is 3. The molecule has 1 unspecified atom stereocenters. The molecule has 2 aromatic rings. The zero-order valence-corrected chi connectivity index (χ0v) is 15.0. The van der Waals surface area contributed by atoms with Crippen LogP contribution in [0.15, 0.2) is 30.7 Å². The van der Waals surface area contributed by atoms with Gasteiger partial charge in [0, 0.05) is 31.6 Å². The van der Waals surface area contributed by atoms with Crippen molar-refractivity contribution in [2.45, 2.75) is 39.7 Å². The molecule has 3 heterocycles. The topological polar surface area (TPSA) is 71.8 Å². The van der Waals surface area contributed by atoms with Gasteiger partial charge in [0.15, 0.2) is 0 Å². The molecule has 0 aromatic carbocycles. The second-order valence-electron chi connectivity index (χ2n) is 6.91. The van der Waals surface area contributed by atoms with Gasteiger partial charge in [0.25, 0.3) is 0 Å². The smallest absolute Gasteiger partial charge is 0.220 e. The maximum atomic E-state index is 12.2. The van der Waals surface area contributed by atoms with E-state index in [1.54, 1.807) is 6.20 Å². The molecule has 1 aliphatic rings. The van der Waals surface area contributed by atoms with Crippen molar-refractivity contribution >= 4 is 5.91 Å². The molecular weight excluding hydrogens is 314 g/mol. The predicted molar refractivity (Wildman–Crippen MR) is 97.3 cm³/mol. The summed E-state index contributed by atoms with van der Waals surface area (Å²) in [6.07, 6.45) is 8.41. The zero-order chi connectivity index (χ0) is 17.6. The molecule has 2 N–H and O–H groups in total. The first kappa shape index (κ1) is 17.6. The number of hydrogen-bond acceptors (Lipinski definition) is 4. The van der Waals surface area contributed by atoms with Crippen molar-refractivity contribution in [3.63, 3.8) is 0 Å². The summed E-state index contributed by atoms with van der Waals surface area (Å²) >= 11 is 0. The van der Waals surface area contributed by atoms with E-state index in [0.717, 1.165) is 30.3 Å². The van der Waals surface area contributed by atoms with Gasteiger partial charge in [-0.25, -0.2) is 9.97 Å². The van der Waals surface area contributed by atoms with E-state index < -0.39 is 0 Å². The summed E-state index contributed by atoms with van der Waals surface area (Å²) in [5, 5.41) is 6.40. The third-order valence-corrected chi connectivity index (χ3v) is 5.07. The van der Waals surface area contributed by atoms with E-state index in [-0.39, 0.29) is 5.91 Å². The van der Waals surface area contributed by atoms with Crippen molar-refractivity contribution in [3.05, 3.63) is 42.1 Å². The molecule has 0 spiro atoms. The number of hydrogen-bond donors (Lipinski definition) is 2. The van der Waals surface area contributed by atoms with Gasteiger partial charge in [-0.05, 0) is 56.3 Å². The molecule has 1 amide bonds. The maximum Gasteiger partial charge on any atom is 0.220 e. The lowest BCUT2D eigenvalue weighted by atomic mass is 9.84. The highest BCUT2D eigenvalue weighted by molar-refractivity contribution is 5.76. The minimum absolute atomic E-state index is 0.126. The minimum atomic E-state index is 0.126. The van der Waals surface area contributed by atoms with Crippen LogP contribution < -0.4 is 10.6 Å². The Morgan fingerprint density at radius 1 is 1.36 bits per heavy atom. The second-order valence-corrected chi connectivity index (χ2v) is 6.91. The lowest BCUT2D eigenvalue weighted by Gasteiger charge is -2.27. The highest BCUT2D eigenvalue weighted by Crippen LogP contribution is 2.24. The lowest BCUT2D eigenvalue weighted by Crippen LogP contribution is -2.33. The van der Waals surface area contributed by atoms with Gasteiger partial charge in [0.05, 0.1) is 0 Å². The first-order valence-electron chi connectivity index (χ1n) is 9.06. The average Bonchev–Trinajstić information content (AvgIpc) is 3.07. The van der Waals surface area contributed by atoms with E-state index in [1.165, 1.54) is 12.8 Å². The van der Waals surface area contributed by atoms with Gasteiger partial charge in [-0.2, -0.15) is 0 Å². The van der Waals surface area contributed by atoms with Crippen molar-refractivity contribution in [1.82, 2.24) is 25.2 Å². The molecule has 0 aliphatic carbocycles. The number of aryl methyl sites for hydroxylation is 1. The molecule has 0 radical (unpaired) electrons. The van der Waals surface area contributed by atoms with Crippen LogP contribution in [-0.4, -0.2) is 33.5 Å². The molecule has 0 saturated carbocycles. The number of imidazole rings is 1. The molecule has 2 aromatic heterocycles. The molecule has 25 heavy (non-hydrogen) atoms. The third-order valence-electron chi connectivity index (χ3n) is 5.07. The summed E-state index contributed by atoms with van der Waals surface area (Å²) in [6, 6.07) is 3.95. The Labute approximate surface area is 149 Å². The number of piperidine rings is 1. The van der Waals surface area contributed by atoms with E-state index in [4.69, 9.17) is 0 Å². The van der Waals surface area contributed by atoms with Crippen LogP contribution >= 0.6 is 0 Å². The fourth-order valence-electron chi connectivity index (χ4n) is 3.43. The van der Waals surface area contributed by atoms with E-state index >= 15 is 0 Å². The van der Waals surface area contributed by atoms with E-state index in [1.807, 2.05) is 36.0 Å². The molecule has 134 valence electrons. The molecule has 1 saturated heterocycles. The summed E-state index contributed by atoms with van der Waals surface area (Å²) in [4.78, 5) is 20.9. The summed E-state index contributed by atoms with van der Waals surface area (Å²) in [6.45, 7) is 6.81. The first-order chi connectivity index (χ1) is 12.1. The quantitative estimate of drug-likeness (QED) is 0.845. The minimum Gasteiger partial charge on any atom is -0.352 e. The Morgan fingerprint density at radius 2 is 2.16 bits per heavy atom. The molecule has 1 aliphatic heterocycles. The SMILES string of the molecule is Cc1nccn1-c1ccc(CNC(=O)CC(C)C2CCNCC2)cn1. The average molecular weight is 341 g/mol. The van der Waals surface area contributed by atoms with Crippen LogP contribution in [-0.2, 0) is 11.3 Å². The van der Waals surface area contributed by atoms with Crippen LogP contribution in [0.4, 0.5) is 0 Å². The standard InChI is InChI=1S/C19H27N5O/c1-14(17-5-7-20-8-6-17)11-19(25)23-13-16-3-4-18(22-12-16)24-10-9-21-15(24)2/h3-4,9-10,12,14,17,20H,5-8,11,13H2,1-2H3,(H,23,25). The lowest BCUT2D eigenvalue weighted by molar-refractivity contribution is -0.122. The number of pyridine rings is 1. The van der Waals surface area contributed by atoms with Gasteiger partial charge in [-0.1, -0.05) is 13.0 Å². The Morgan fingerprint density at radius 3 is 2.80 bits per heavy atom. The molecular formula is C19H27N5O. The number of carbonyl (C=O) groups excluding carboxylic acids is 1. The highest BCUT2D eigenvalue weighted by atomic mass is 16.1. The van der Waals surface area contributed by atoms with Gasteiger partial charge < -0.3 is 10.6 Å². The summed E-state index contributed by atoms with van der Waals surface area (Å²) in [5.74, 6) is 2.96. The summed E-state index contributed by atoms with van der Waals surface area (Å²) < 4.78 is 1.93. The number of carbonyl (C=O) groups is 1. The monoisotopic (exact) mass is 341 g/mol. The van der Waals surface area contributed by atoms with E-state index in [9.17, 15) is 4.79 Å². The Kier molecular flexibility index (Phi) is 5.81. The van der Waals surface area contributed by atoms with Crippen molar-refractivity contribution in [1.29, 1.82) is 0 Å². The molecule has 1 fully saturated rings. The van der Waals surface area contributed by atoms with Crippen molar-refractivity contribution in [3.8, 4) is 5.82 Å². The van der Waals surface area contributed by atoms with Gasteiger partial charge in [-0.15, -0.1) is 0 Å². The fraction of sp³-hybridized carbons (Fsp3) is 0.526. The first-order valence-corrected chi connectivity index (χ1v) is 9.06. The third kappa shape index (κ3) is 4.66. The highest BCUT2D eigenvalue weighted by Gasteiger charge is 2.21. The molecule has 6 nitrogen and oxygen atoms in total. The van der Waals surface area contributed by atoms with Gasteiger partial charge in [0.1, 0.15) is 11.6 Å². The molecule has 0 bridgehead atoms. The van der Waals surface area contributed by atoms with Gasteiger partial charge in [0.2, 0.25) is 5.91 Å². The second kappa shape index (κ2) is 8.25. The number of nitrogens with one attached hydrogen (secondary N) is 2.